The zero-order valence-electron chi connectivity index (χ0n) is 7.85. The van der Waals surface area contributed by atoms with Crippen molar-refractivity contribution in [2.75, 3.05) is 0 Å². The monoisotopic (exact) mass is 204 g/mol. The molecule has 0 unspecified atom stereocenters. The highest BCUT2D eigenvalue weighted by Gasteiger charge is 2.01. The summed E-state index contributed by atoms with van der Waals surface area (Å²) in [6, 6.07) is 9.11. The summed E-state index contributed by atoms with van der Waals surface area (Å²) in [5, 5.41) is 7.58. The zero-order chi connectivity index (χ0) is 10.7. The van der Waals surface area contributed by atoms with Gasteiger partial charge in [-0.3, -0.25) is 9.98 Å². The van der Waals surface area contributed by atoms with Crippen LogP contribution in [0.2, 0.25) is 0 Å². The van der Waals surface area contributed by atoms with Gasteiger partial charge >= 0.3 is 0 Å². The maximum atomic E-state index is 12.6. The molecule has 3 nitrogen and oxygen atoms in total. The second-order valence-corrected chi connectivity index (χ2v) is 2.95. The molecular weight excluding hydrogens is 195 g/mol. The van der Waals surface area contributed by atoms with Gasteiger partial charge in [0.25, 0.3) is 6.02 Å². The summed E-state index contributed by atoms with van der Waals surface area (Å²) >= 11 is 0. The molecule has 4 heteroatoms. The Morgan fingerprint density at radius 3 is 2.33 bits per heavy atom. The van der Waals surface area contributed by atoms with E-state index in [1.165, 1.54) is 28.8 Å². The normalized spacial score (nSPS) is 9.93. The van der Waals surface area contributed by atoms with E-state index in [0.717, 1.165) is 0 Å². The van der Waals surface area contributed by atoms with Crippen LogP contribution in [0, 0.1) is 11.2 Å². The van der Waals surface area contributed by atoms with Crippen molar-refractivity contribution in [3.63, 3.8) is 0 Å². The van der Waals surface area contributed by atoms with Gasteiger partial charge in [-0.25, -0.2) is 4.39 Å². The average molecular weight is 204 g/mol. The molecule has 2 aromatic rings. The van der Waals surface area contributed by atoms with Crippen molar-refractivity contribution in [2.24, 2.45) is 0 Å². The molecule has 0 fully saturated rings. The average Bonchev–Trinajstić information content (AvgIpc) is 2.74. The standard InChI is InChI=1S/C11H9FN2O/c12-9-3-5-10(6-4-9)15-11(13)14-7-1-2-8-14/h1-8,13H. The van der Waals surface area contributed by atoms with E-state index in [-0.39, 0.29) is 11.8 Å². The van der Waals surface area contributed by atoms with Crippen LogP contribution in [0.5, 0.6) is 5.75 Å². The van der Waals surface area contributed by atoms with Crippen LogP contribution >= 0.6 is 0 Å². The number of benzene rings is 1. The van der Waals surface area contributed by atoms with Gasteiger partial charge in [-0.2, -0.15) is 0 Å². The van der Waals surface area contributed by atoms with Crippen molar-refractivity contribution < 1.29 is 9.13 Å². The molecule has 0 atom stereocenters. The Balaban J connectivity index is 2.09. The summed E-state index contributed by atoms with van der Waals surface area (Å²) in [6.07, 6.45) is 3.40. The molecule has 0 aliphatic rings. The highest BCUT2D eigenvalue weighted by molar-refractivity contribution is 5.75. The largest absolute Gasteiger partial charge is 0.426 e. The minimum absolute atomic E-state index is 0.0217. The van der Waals surface area contributed by atoms with E-state index in [1.807, 2.05) is 0 Å². The Hall–Kier alpha value is -2.10. The lowest BCUT2D eigenvalue weighted by atomic mass is 10.3. The number of ether oxygens (including phenoxy) is 1. The first-order chi connectivity index (χ1) is 7.25. The van der Waals surface area contributed by atoms with E-state index in [4.69, 9.17) is 10.1 Å². The van der Waals surface area contributed by atoms with Gasteiger partial charge in [-0.1, -0.05) is 0 Å². The topological polar surface area (TPSA) is 38.0 Å². The van der Waals surface area contributed by atoms with Crippen molar-refractivity contribution in [3.05, 3.63) is 54.6 Å². The maximum Gasteiger partial charge on any atom is 0.298 e. The Morgan fingerprint density at radius 2 is 1.73 bits per heavy atom. The van der Waals surface area contributed by atoms with Crippen molar-refractivity contribution in [1.82, 2.24) is 4.57 Å². The second-order valence-electron chi connectivity index (χ2n) is 2.95. The molecule has 0 saturated heterocycles. The molecule has 1 N–H and O–H groups in total. The Morgan fingerprint density at radius 1 is 1.13 bits per heavy atom. The summed E-state index contributed by atoms with van der Waals surface area (Å²) in [6.45, 7) is 0. The fourth-order valence-electron chi connectivity index (χ4n) is 1.14. The lowest BCUT2D eigenvalue weighted by molar-refractivity contribution is 0.516. The van der Waals surface area contributed by atoms with Crippen LogP contribution in [0.4, 0.5) is 4.39 Å². The summed E-state index contributed by atoms with van der Waals surface area (Å²) < 4.78 is 19.3. The zero-order valence-corrected chi connectivity index (χ0v) is 7.85. The molecule has 0 radical (unpaired) electrons. The van der Waals surface area contributed by atoms with E-state index in [2.05, 4.69) is 0 Å². The van der Waals surface area contributed by atoms with Crippen LogP contribution in [0.15, 0.2) is 48.8 Å². The van der Waals surface area contributed by atoms with Crippen molar-refractivity contribution in [3.8, 4) is 5.75 Å². The fourth-order valence-corrected chi connectivity index (χ4v) is 1.14. The quantitative estimate of drug-likeness (QED) is 0.562. The highest BCUT2D eigenvalue weighted by atomic mass is 19.1. The number of nitrogens with zero attached hydrogens (tertiary/aromatic N) is 1. The smallest absolute Gasteiger partial charge is 0.298 e. The van der Waals surface area contributed by atoms with Gasteiger partial charge in [0.15, 0.2) is 0 Å². The number of hydrogen-bond donors (Lipinski definition) is 1. The number of hydrogen-bond acceptors (Lipinski definition) is 2. The second kappa shape index (κ2) is 3.96. The molecule has 1 aromatic heterocycles. The van der Waals surface area contributed by atoms with Crippen LogP contribution in [0.1, 0.15) is 0 Å². The van der Waals surface area contributed by atoms with Crippen LogP contribution in [0.25, 0.3) is 0 Å². The summed E-state index contributed by atoms with van der Waals surface area (Å²) in [4.78, 5) is 0. The number of nitrogens with one attached hydrogen (secondary N) is 1. The number of aromatic nitrogens is 1. The van der Waals surface area contributed by atoms with Crippen molar-refractivity contribution >= 4 is 6.02 Å². The minimum Gasteiger partial charge on any atom is -0.426 e. The summed E-state index contributed by atoms with van der Waals surface area (Å²) in [7, 11) is 0. The minimum atomic E-state index is -0.324. The van der Waals surface area contributed by atoms with Crippen LogP contribution in [0.3, 0.4) is 0 Å². The van der Waals surface area contributed by atoms with Crippen molar-refractivity contribution in [1.29, 1.82) is 5.41 Å². The molecule has 76 valence electrons. The van der Waals surface area contributed by atoms with Gasteiger partial charge in [-0.05, 0) is 36.4 Å². The van der Waals surface area contributed by atoms with Gasteiger partial charge in [-0.15, -0.1) is 0 Å². The molecule has 0 spiro atoms. The molecule has 0 aliphatic heterocycles. The third-order valence-electron chi connectivity index (χ3n) is 1.87. The van der Waals surface area contributed by atoms with E-state index < -0.39 is 0 Å². The Kier molecular flexibility index (Phi) is 2.49. The molecule has 0 saturated carbocycles. The summed E-state index contributed by atoms with van der Waals surface area (Å²) in [5.41, 5.74) is 0. The molecule has 0 amide bonds. The van der Waals surface area contributed by atoms with Crippen LogP contribution < -0.4 is 4.74 Å². The van der Waals surface area contributed by atoms with Gasteiger partial charge < -0.3 is 4.74 Å². The number of rotatable bonds is 1. The van der Waals surface area contributed by atoms with Crippen LogP contribution in [-0.4, -0.2) is 10.6 Å². The highest BCUT2D eigenvalue weighted by Crippen LogP contribution is 2.11. The first kappa shape index (κ1) is 9.45. The third kappa shape index (κ3) is 2.22. The molecule has 15 heavy (non-hydrogen) atoms. The van der Waals surface area contributed by atoms with E-state index in [1.54, 1.807) is 24.5 Å². The van der Waals surface area contributed by atoms with E-state index in [0.29, 0.717) is 5.75 Å². The van der Waals surface area contributed by atoms with Gasteiger partial charge in [0.2, 0.25) is 0 Å². The van der Waals surface area contributed by atoms with Crippen LogP contribution in [-0.2, 0) is 0 Å². The molecule has 2 rings (SSSR count). The van der Waals surface area contributed by atoms with Crippen molar-refractivity contribution in [2.45, 2.75) is 0 Å². The van der Waals surface area contributed by atoms with Gasteiger partial charge in [0.1, 0.15) is 11.6 Å². The first-order valence-corrected chi connectivity index (χ1v) is 4.41. The molecule has 1 heterocycles. The molecule has 0 aliphatic carbocycles. The fraction of sp³-hybridized carbons (Fsp3) is 0. The SMILES string of the molecule is N=C(Oc1ccc(F)cc1)n1cccc1. The predicted molar refractivity (Wildman–Crippen MR) is 54.6 cm³/mol. The maximum absolute atomic E-state index is 12.6. The predicted octanol–water partition coefficient (Wildman–Crippen LogP) is 2.49. The lowest BCUT2D eigenvalue weighted by Gasteiger charge is -2.06. The first-order valence-electron chi connectivity index (χ1n) is 4.41. The van der Waals surface area contributed by atoms with E-state index >= 15 is 0 Å². The van der Waals surface area contributed by atoms with E-state index in [9.17, 15) is 4.39 Å². The number of halogens is 1. The molecule has 1 aromatic carbocycles. The molecular formula is C11H9FN2O. The van der Waals surface area contributed by atoms with Gasteiger partial charge in [0, 0.05) is 12.4 Å². The Labute approximate surface area is 86.2 Å². The van der Waals surface area contributed by atoms with Gasteiger partial charge in [0.05, 0.1) is 0 Å². The Bertz CT molecular complexity index is 448. The lowest BCUT2D eigenvalue weighted by Crippen LogP contribution is -2.15. The third-order valence-corrected chi connectivity index (χ3v) is 1.87. The summed E-state index contributed by atoms with van der Waals surface area (Å²) in [5.74, 6) is 0.116. The molecule has 0 bridgehead atoms.